The second-order valence-electron chi connectivity index (χ2n) is 7.97. The summed E-state index contributed by atoms with van der Waals surface area (Å²) >= 11 is 0. The molecule has 0 saturated carbocycles. The van der Waals surface area contributed by atoms with Crippen molar-refractivity contribution < 1.29 is 9.53 Å². The summed E-state index contributed by atoms with van der Waals surface area (Å²) in [6.45, 7) is 7.97. The number of benzene rings is 1. The first-order valence-corrected chi connectivity index (χ1v) is 9.52. The Labute approximate surface area is 160 Å². The van der Waals surface area contributed by atoms with E-state index in [0.717, 1.165) is 48.6 Å². The van der Waals surface area contributed by atoms with Gasteiger partial charge in [0, 0.05) is 26.7 Å². The number of fused-ring (bicyclic) bond motifs is 1. The molecular weight excluding hydrogens is 342 g/mol. The summed E-state index contributed by atoms with van der Waals surface area (Å²) < 4.78 is 5.33. The Balaban J connectivity index is 1.69. The third kappa shape index (κ3) is 4.99. The molecule has 1 saturated heterocycles. The Morgan fingerprint density at radius 1 is 1.26 bits per heavy atom. The molecule has 1 unspecified atom stereocenters. The molecule has 7 nitrogen and oxygen atoms in total. The molecule has 1 atom stereocenters. The van der Waals surface area contributed by atoms with Gasteiger partial charge in [-0.05, 0) is 51.7 Å². The summed E-state index contributed by atoms with van der Waals surface area (Å²) in [5.74, 6) is 2.01. The third-order valence-electron chi connectivity index (χ3n) is 4.54. The number of anilines is 2. The SMILES string of the molecule is CNc1nc2ccccc2nc1N1CCCC(CNC(=O)OC(C)(C)C)C1. The van der Waals surface area contributed by atoms with Crippen molar-refractivity contribution in [2.45, 2.75) is 39.2 Å². The van der Waals surface area contributed by atoms with Crippen LogP contribution in [0, 0.1) is 5.92 Å². The molecule has 27 heavy (non-hydrogen) atoms. The minimum Gasteiger partial charge on any atom is -0.444 e. The smallest absolute Gasteiger partial charge is 0.407 e. The second kappa shape index (κ2) is 7.98. The van der Waals surface area contributed by atoms with Crippen molar-refractivity contribution in [1.29, 1.82) is 0 Å². The van der Waals surface area contributed by atoms with Crippen LogP contribution in [0.1, 0.15) is 33.6 Å². The van der Waals surface area contributed by atoms with Gasteiger partial charge in [-0.3, -0.25) is 0 Å². The van der Waals surface area contributed by atoms with E-state index in [2.05, 4.69) is 15.5 Å². The highest BCUT2D eigenvalue weighted by atomic mass is 16.6. The molecule has 1 fully saturated rings. The summed E-state index contributed by atoms with van der Waals surface area (Å²) in [7, 11) is 1.87. The highest BCUT2D eigenvalue weighted by molar-refractivity contribution is 5.80. The van der Waals surface area contributed by atoms with Gasteiger partial charge in [-0.1, -0.05) is 12.1 Å². The molecule has 0 aliphatic carbocycles. The molecule has 1 amide bonds. The van der Waals surface area contributed by atoms with Crippen LogP contribution < -0.4 is 15.5 Å². The van der Waals surface area contributed by atoms with Crippen LogP contribution >= 0.6 is 0 Å². The van der Waals surface area contributed by atoms with E-state index in [-0.39, 0.29) is 6.09 Å². The maximum absolute atomic E-state index is 11.9. The Kier molecular flexibility index (Phi) is 5.68. The zero-order chi connectivity index (χ0) is 19.4. The number of amides is 1. The van der Waals surface area contributed by atoms with Crippen LogP contribution in [0.2, 0.25) is 0 Å². The molecular formula is C20H29N5O2. The number of carbonyl (C=O) groups excluding carboxylic acids is 1. The Morgan fingerprint density at radius 3 is 2.63 bits per heavy atom. The van der Waals surface area contributed by atoms with Crippen molar-refractivity contribution in [3.05, 3.63) is 24.3 Å². The van der Waals surface area contributed by atoms with E-state index in [1.807, 2.05) is 52.1 Å². The monoisotopic (exact) mass is 371 g/mol. The lowest BCUT2D eigenvalue weighted by Gasteiger charge is -2.34. The molecule has 7 heteroatoms. The zero-order valence-corrected chi connectivity index (χ0v) is 16.6. The number of hydrogen-bond acceptors (Lipinski definition) is 6. The molecule has 0 bridgehead atoms. The minimum absolute atomic E-state index is 0.351. The van der Waals surface area contributed by atoms with Gasteiger partial charge < -0.3 is 20.3 Å². The van der Waals surface area contributed by atoms with Crippen molar-refractivity contribution in [2.75, 3.05) is 36.9 Å². The number of carbonyl (C=O) groups is 1. The van der Waals surface area contributed by atoms with Crippen LogP contribution in [-0.4, -0.2) is 48.3 Å². The van der Waals surface area contributed by atoms with Crippen LogP contribution in [0.25, 0.3) is 11.0 Å². The second-order valence-corrected chi connectivity index (χ2v) is 7.97. The van der Waals surface area contributed by atoms with Crippen LogP contribution in [0.4, 0.5) is 16.4 Å². The largest absolute Gasteiger partial charge is 0.444 e. The van der Waals surface area contributed by atoms with Gasteiger partial charge in [0.05, 0.1) is 11.0 Å². The third-order valence-corrected chi connectivity index (χ3v) is 4.54. The number of nitrogens with zero attached hydrogens (tertiary/aromatic N) is 3. The first kappa shape index (κ1) is 19.2. The fraction of sp³-hybridized carbons (Fsp3) is 0.550. The number of aromatic nitrogens is 2. The van der Waals surface area contributed by atoms with Crippen molar-refractivity contribution in [1.82, 2.24) is 15.3 Å². The molecule has 1 aliphatic rings. The fourth-order valence-electron chi connectivity index (χ4n) is 3.34. The molecule has 2 aromatic rings. The van der Waals surface area contributed by atoms with Gasteiger partial charge in [0.15, 0.2) is 11.6 Å². The van der Waals surface area contributed by atoms with Crippen molar-refractivity contribution in [3.63, 3.8) is 0 Å². The van der Waals surface area contributed by atoms with E-state index in [9.17, 15) is 4.79 Å². The normalized spacial score (nSPS) is 17.6. The van der Waals surface area contributed by atoms with E-state index >= 15 is 0 Å². The molecule has 1 aromatic carbocycles. The first-order valence-electron chi connectivity index (χ1n) is 9.52. The average Bonchev–Trinajstić information content (AvgIpc) is 2.64. The summed E-state index contributed by atoms with van der Waals surface area (Å²) in [5.41, 5.74) is 1.29. The number of para-hydroxylation sites is 2. The van der Waals surface area contributed by atoms with E-state index in [4.69, 9.17) is 14.7 Å². The van der Waals surface area contributed by atoms with Crippen LogP contribution in [0.5, 0.6) is 0 Å². The van der Waals surface area contributed by atoms with Crippen molar-refractivity contribution in [2.24, 2.45) is 5.92 Å². The van der Waals surface area contributed by atoms with E-state index in [1.54, 1.807) is 0 Å². The predicted molar refractivity (Wildman–Crippen MR) is 108 cm³/mol. The maximum Gasteiger partial charge on any atom is 0.407 e. The van der Waals surface area contributed by atoms with Crippen LogP contribution in [-0.2, 0) is 4.74 Å². The fourth-order valence-corrected chi connectivity index (χ4v) is 3.34. The lowest BCUT2D eigenvalue weighted by atomic mass is 9.98. The summed E-state index contributed by atoms with van der Waals surface area (Å²) in [5, 5.41) is 6.07. The number of hydrogen-bond donors (Lipinski definition) is 2. The average molecular weight is 371 g/mol. The van der Waals surface area contributed by atoms with Gasteiger partial charge in [-0.2, -0.15) is 0 Å². The summed E-state index contributed by atoms with van der Waals surface area (Å²) in [4.78, 5) is 23.7. The number of ether oxygens (including phenoxy) is 1. The first-order chi connectivity index (χ1) is 12.9. The number of rotatable bonds is 4. The van der Waals surface area contributed by atoms with E-state index in [1.165, 1.54) is 0 Å². The highest BCUT2D eigenvalue weighted by Gasteiger charge is 2.25. The Bertz CT molecular complexity index is 803. The van der Waals surface area contributed by atoms with Gasteiger partial charge in [0.25, 0.3) is 0 Å². The van der Waals surface area contributed by atoms with E-state index < -0.39 is 5.60 Å². The van der Waals surface area contributed by atoms with Crippen molar-refractivity contribution >= 4 is 28.8 Å². The molecule has 2 N–H and O–H groups in total. The molecule has 0 spiro atoms. The zero-order valence-electron chi connectivity index (χ0n) is 16.6. The molecule has 1 aliphatic heterocycles. The van der Waals surface area contributed by atoms with Gasteiger partial charge in [0.2, 0.25) is 0 Å². The summed E-state index contributed by atoms with van der Waals surface area (Å²) in [6.07, 6.45) is 1.77. The molecule has 3 rings (SSSR count). The number of piperidine rings is 1. The molecule has 146 valence electrons. The molecule has 2 heterocycles. The highest BCUT2D eigenvalue weighted by Crippen LogP contribution is 2.28. The summed E-state index contributed by atoms with van der Waals surface area (Å²) in [6, 6.07) is 7.90. The predicted octanol–water partition coefficient (Wildman–Crippen LogP) is 3.41. The Hall–Kier alpha value is -2.57. The molecule has 1 aromatic heterocycles. The Morgan fingerprint density at radius 2 is 1.96 bits per heavy atom. The number of alkyl carbamates (subject to hydrolysis) is 1. The van der Waals surface area contributed by atoms with Gasteiger partial charge in [-0.15, -0.1) is 0 Å². The van der Waals surface area contributed by atoms with E-state index in [0.29, 0.717) is 12.5 Å². The molecule has 0 radical (unpaired) electrons. The van der Waals surface area contributed by atoms with Crippen LogP contribution in [0.15, 0.2) is 24.3 Å². The van der Waals surface area contributed by atoms with Crippen LogP contribution in [0.3, 0.4) is 0 Å². The maximum atomic E-state index is 11.9. The van der Waals surface area contributed by atoms with Gasteiger partial charge in [-0.25, -0.2) is 14.8 Å². The lowest BCUT2D eigenvalue weighted by molar-refractivity contribution is 0.0517. The topological polar surface area (TPSA) is 79.4 Å². The lowest BCUT2D eigenvalue weighted by Crippen LogP contribution is -2.42. The van der Waals surface area contributed by atoms with Gasteiger partial charge in [0.1, 0.15) is 5.60 Å². The number of nitrogens with one attached hydrogen (secondary N) is 2. The van der Waals surface area contributed by atoms with Gasteiger partial charge >= 0.3 is 6.09 Å². The standard InChI is InChI=1S/C20H29N5O2/c1-20(2,3)27-19(26)22-12-14-8-7-11-25(13-14)18-17(21-4)23-15-9-5-6-10-16(15)24-18/h5-6,9-10,14H,7-8,11-13H2,1-4H3,(H,21,23)(H,22,26). The van der Waals surface area contributed by atoms with Crippen molar-refractivity contribution in [3.8, 4) is 0 Å². The minimum atomic E-state index is -0.481. The quantitative estimate of drug-likeness (QED) is 0.857.